The first-order valence-corrected chi connectivity index (χ1v) is 12.5. The molecule has 0 heterocycles. The van der Waals surface area contributed by atoms with Gasteiger partial charge >= 0.3 is 6.09 Å². The second-order valence-corrected chi connectivity index (χ2v) is 10.1. The summed E-state index contributed by atoms with van der Waals surface area (Å²) in [5.74, 6) is -0.514. The van der Waals surface area contributed by atoms with E-state index in [-0.39, 0.29) is 38.2 Å². The molecule has 0 saturated carbocycles. The highest BCUT2D eigenvalue weighted by molar-refractivity contribution is 6.42. The topological polar surface area (TPSA) is 115 Å². The lowest BCUT2D eigenvalue weighted by atomic mass is 10.1. The molecule has 0 aliphatic carbocycles. The van der Waals surface area contributed by atoms with E-state index in [1.807, 2.05) is 0 Å². The predicted octanol–water partition coefficient (Wildman–Crippen LogP) is 5.76. The van der Waals surface area contributed by atoms with Gasteiger partial charge < -0.3 is 30.2 Å². The predicted molar refractivity (Wildman–Crippen MR) is 145 cm³/mol. The van der Waals surface area contributed by atoms with Crippen molar-refractivity contribution in [1.29, 1.82) is 0 Å². The molecule has 2 aromatic carbocycles. The minimum atomic E-state index is -0.568. The zero-order chi connectivity index (χ0) is 27.6. The normalized spacial score (nSPS) is 11.1. The molecule has 9 nitrogen and oxygen atoms in total. The van der Waals surface area contributed by atoms with E-state index in [0.29, 0.717) is 32.7 Å². The van der Waals surface area contributed by atoms with Gasteiger partial charge in [-0.3, -0.25) is 9.59 Å². The summed E-state index contributed by atoms with van der Waals surface area (Å²) in [7, 11) is 0. The molecule has 0 spiro atoms. The molecule has 0 saturated heterocycles. The molecule has 2 rings (SSSR count). The van der Waals surface area contributed by atoms with Gasteiger partial charge in [-0.2, -0.15) is 0 Å². The molecule has 0 aliphatic heterocycles. The molecule has 0 bridgehead atoms. The molecule has 3 N–H and O–H groups in total. The fourth-order valence-electron chi connectivity index (χ4n) is 2.80. The number of hydrogen-bond donors (Lipinski definition) is 3. The smallest absolute Gasteiger partial charge is 0.407 e. The van der Waals surface area contributed by atoms with Crippen LogP contribution in [-0.4, -0.2) is 49.9 Å². The molecule has 0 unspecified atom stereocenters. The second-order valence-electron chi connectivity index (χ2n) is 9.33. The lowest BCUT2D eigenvalue weighted by molar-refractivity contribution is -0.118. The zero-order valence-corrected chi connectivity index (χ0v) is 23.1. The van der Waals surface area contributed by atoms with Gasteiger partial charge in [-0.05, 0) is 57.2 Å². The number of nitrogens with one attached hydrogen (secondary N) is 3. The van der Waals surface area contributed by atoms with Crippen LogP contribution in [0.2, 0.25) is 10.0 Å². The summed E-state index contributed by atoms with van der Waals surface area (Å²) < 4.78 is 16.4. The van der Waals surface area contributed by atoms with Crippen LogP contribution < -0.4 is 20.7 Å². The van der Waals surface area contributed by atoms with Crippen molar-refractivity contribution in [1.82, 2.24) is 5.32 Å². The van der Waals surface area contributed by atoms with E-state index < -0.39 is 17.6 Å². The van der Waals surface area contributed by atoms with Crippen molar-refractivity contribution < 1.29 is 28.6 Å². The molecule has 0 atom stereocenters. The molecule has 11 heteroatoms. The van der Waals surface area contributed by atoms with E-state index in [1.165, 1.54) is 6.07 Å². The van der Waals surface area contributed by atoms with Gasteiger partial charge in [-0.1, -0.05) is 37.0 Å². The Hall–Kier alpha value is -3.01. The number of anilines is 2. The number of alkyl carbamates (subject to hydrolysis) is 1. The molecule has 202 valence electrons. The maximum Gasteiger partial charge on any atom is 0.407 e. The zero-order valence-electron chi connectivity index (χ0n) is 21.6. The maximum absolute atomic E-state index is 12.8. The van der Waals surface area contributed by atoms with Crippen molar-refractivity contribution in [3.05, 3.63) is 52.0 Å². The molecule has 37 heavy (non-hydrogen) atoms. The van der Waals surface area contributed by atoms with E-state index >= 15 is 0 Å². The van der Waals surface area contributed by atoms with Crippen molar-refractivity contribution in [2.24, 2.45) is 5.92 Å². The average molecular weight is 554 g/mol. The van der Waals surface area contributed by atoms with Crippen LogP contribution in [-0.2, 0) is 14.3 Å². The van der Waals surface area contributed by atoms with Crippen molar-refractivity contribution in [2.75, 3.05) is 37.0 Å². The fraction of sp³-hybridized carbons (Fsp3) is 0.423. The van der Waals surface area contributed by atoms with Gasteiger partial charge in [-0.25, -0.2) is 4.79 Å². The van der Waals surface area contributed by atoms with E-state index in [4.69, 9.17) is 37.4 Å². The van der Waals surface area contributed by atoms with Gasteiger partial charge in [0.05, 0.1) is 28.9 Å². The van der Waals surface area contributed by atoms with Crippen LogP contribution in [0.1, 0.15) is 45.0 Å². The number of carbonyl (C=O) groups excluding carboxylic acids is 3. The number of carbonyl (C=O) groups is 3. The molecule has 0 aromatic heterocycles. The van der Waals surface area contributed by atoms with Crippen molar-refractivity contribution >= 4 is 52.5 Å². The summed E-state index contributed by atoms with van der Waals surface area (Å²) in [6.45, 7) is 9.86. The molecule has 0 radical (unpaired) electrons. The van der Waals surface area contributed by atoms with Gasteiger partial charge in [0.2, 0.25) is 5.91 Å². The van der Waals surface area contributed by atoms with Gasteiger partial charge in [-0.15, -0.1) is 0 Å². The van der Waals surface area contributed by atoms with Gasteiger partial charge in [0.1, 0.15) is 18.0 Å². The molecule has 2 aromatic rings. The Kier molecular flexibility index (Phi) is 11.5. The van der Waals surface area contributed by atoms with Gasteiger partial charge in [0.25, 0.3) is 5.91 Å². The monoisotopic (exact) mass is 553 g/mol. The van der Waals surface area contributed by atoms with Crippen LogP contribution in [0.15, 0.2) is 36.4 Å². The second kappa shape index (κ2) is 14.1. The first kappa shape index (κ1) is 30.2. The Balaban J connectivity index is 1.95. The maximum atomic E-state index is 12.8. The SMILES string of the molecule is CC(C)C(=O)Nc1cc(C(=O)Nc2ccc(Cl)c(Cl)c2)ccc1OCCOCCNC(=O)OC(C)(C)C. The standard InChI is InChI=1S/C26H33Cl2N3O6/c1-16(2)23(32)31-21-14-17(24(33)30-18-7-8-19(27)20(28)15-18)6-9-22(21)36-13-12-35-11-10-29-25(34)37-26(3,4)5/h6-9,14-16H,10-13H2,1-5H3,(H,29,34)(H,30,33)(H,31,32). The van der Waals surface area contributed by atoms with E-state index in [2.05, 4.69) is 16.0 Å². The van der Waals surface area contributed by atoms with E-state index in [0.717, 1.165) is 0 Å². The number of rotatable bonds is 11. The first-order valence-electron chi connectivity index (χ1n) is 11.7. The summed E-state index contributed by atoms with van der Waals surface area (Å²) in [6.07, 6.45) is -0.513. The highest BCUT2D eigenvalue weighted by atomic mass is 35.5. The van der Waals surface area contributed by atoms with E-state index in [1.54, 1.807) is 65.0 Å². The number of ether oxygens (including phenoxy) is 3. The summed E-state index contributed by atoms with van der Waals surface area (Å²) in [5.41, 5.74) is 0.571. The molecular weight excluding hydrogens is 521 g/mol. The fourth-order valence-corrected chi connectivity index (χ4v) is 3.10. The Morgan fingerprint density at radius 3 is 2.30 bits per heavy atom. The molecule has 3 amide bonds. The minimum Gasteiger partial charge on any atom is -0.489 e. The average Bonchev–Trinajstić information content (AvgIpc) is 2.80. The van der Waals surface area contributed by atoms with Crippen LogP contribution in [0.4, 0.5) is 16.2 Å². The van der Waals surface area contributed by atoms with E-state index in [9.17, 15) is 14.4 Å². The lowest BCUT2D eigenvalue weighted by Crippen LogP contribution is -2.34. The van der Waals surface area contributed by atoms with Crippen molar-refractivity contribution in [3.8, 4) is 5.75 Å². The van der Waals surface area contributed by atoms with Crippen LogP contribution in [0.3, 0.4) is 0 Å². The highest BCUT2D eigenvalue weighted by Crippen LogP contribution is 2.28. The van der Waals surface area contributed by atoms with Crippen molar-refractivity contribution in [3.63, 3.8) is 0 Å². The molecule has 0 fully saturated rings. The summed E-state index contributed by atoms with van der Waals surface area (Å²) in [4.78, 5) is 36.7. The number of amides is 3. The minimum absolute atomic E-state index is 0.186. The number of hydrogen-bond acceptors (Lipinski definition) is 6. The Bertz CT molecular complexity index is 1100. The molecular formula is C26H33Cl2N3O6. The van der Waals surface area contributed by atoms with Crippen molar-refractivity contribution in [2.45, 2.75) is 40.2 Å². The first-order chi connectivity index (χ1) is 17.4. The third-order valence-electron chi connectivity index (χ3n) is 4.60. The quantitative estimate of drug-likeness (QED) is 0.304. The van der Waals surface area contributed by atoms with Crippen LogP contribution >= 0.6 is 23.2 Å². The Labute approximate surface area is 227 Å². The molecule has 0 aliphatic rings. The lowest BCUT2D eigenvalue weighted by Gasteiger charge is -2.19. The third kappa shape index (κ3) is 10.9. The van der Waals surface area contributed by atoms with Gasteiger partial charge in [0.15, 0.2) is 0 Å². The largest absolute Gasteiger partial charge is 0.489 e. The number of benzene rings is 2. The summed E-state index contributed by atoms with van der Waals surface area (Å²) >= 11 is 11.9. The van der Waals surface area contributed by atoms with Crippen LogP contribution in [0.25, 0.3) is 0 Å². The summed E-state index contributed by atoms with van der Waals surface area (Å²) in [5, 5.41) is 8.84. The number of halogens is 2. The summed E-state index contributed by atoms with van der Waals surface area (Å²) in [6, 6.07) is 9.48. The Morgan fingerprint density at radius 2 is 1.65 bits per heavy atom. The van der Waals surface area contributed by atoms with Gasteiger partial charge in [0, 0.05) is 23.7 Å². The third-order valence-corrected chi connectivity index (χ3v) is 5.34. The Morgan fingerprint density at radius 1 is 0.919 bits per heavy atom. The van der Waals surface area contributed by atoms with Crippen LogP contribution in [0, 0.1) is 5.92 Å². The highest BCUT2D eigenvalue weighted by Gasteiger charge is 2.16. The van der Waals surface area contributed by atoms with Crippen LogP contribution in [0.5, 0.6) is 5.75 Å².